The van der Waals surface area contributed by atoms with Crippen LogP contribution in [0.25, 0.3) is 0 Å². The van der Waals surface area contributed by atoms with Crippen molar-refractivity contribution in [3.8, 4) is 0 Å². The molecule has 0 unspecified atom stereocenters. The van der Waals surface area contributed by atoms with Crippen LogP contribution >= 0.6 is 11.8 Å². The molecule has 0 N–H and O–H groups in total. The summed E-state index contributed by atoms with van der Waals surface area (Å²) in [4.78, 5) is 19.2. The van der Waals surface area contributed by atoms with E-state index in [1.54, 1.807) is 0 Å². The molecule has 1 amide bonds. The highest BCUT2D eigenvalue weighted by molar-refractivity contribution is 8.15. The Balaban J connectivity index is 1.97. The molecule has 3 rings (SSSR count). The number of aliphatic imine (C=N–C) groups is 1. The number of para-hydroxylation sites is 1. The highest BCUT2D eigenvalue weighted by atomic mass is 32.2. The Morgan fingerprint density at radius 3 is 2.48 bits per heavy atom. The van der Waals surface area contributed by atoms with Crippen LogP contribution < -0.4 is 4.90 Å². The second kappa shape index (κ2) is 7.14. The third kappa shape index (κ3) is 3.94. The normalized spacial score (nSPS) is 20.5. The van der Waals surface area contributed by atoms with Crippen LogP contribution in [-0.2, 0) is 10.2 Å². The Kier molecular flexibility index (Phi) is 5.29. The number of carbonyl (C=O) groups excluding carboxylic acids is 1. The summed E-state index contributed by atoms with van der Waals surface area (Å²) < 4.78 is 0.0799. The zero-order chi connectivity index (χ0) is 18.1. The maximum absolute atomic E-state index is 12.5. The zero-order valence-electron chi connectivity index (χ0n) is 16.0. The van der Waals surface area contributed by atoms with Gasteiger partial charge in [0.05, 0.1) is 0 Å². The van der Waals surface area contributed by atoms with Crippen molar-refractivity contribution in [1.82, 2.24) is 0 Å². The monoisotopic (exact) mass is 358 g/mol. The van der Waals surface area contributed by atoms with Gasteiger partial charge in [-0.05, 0) is 36.8 Å². The van der Waals surface area contributed by atoms with Crippen molar-refractivity contribution in [2.24, 2.45) is 4.99 Å². The number of benzene rings is 1. The number of amides is 1. The Bertz CT molecular complexity index is 669. The molecule has 0 bridgehead atoms. The minimum atomic E-state index is 0.0520. The van der Waals surface area contributed by atoms with E-state index < -0.39 is 0 Å². The van der Waals surface area contributed by atoms with Gasteiger partial charge in [-0.2, -0.15) is 4.99 Å². The van der Waals surface area contributed by atoms with Crippen molar-refractivity contribution < 1.29 is 4.79 Å². The quantitative estimate of drug-likeness (QED) is 0.696. The second-order valence-electron chi connectivity index (χ2n) is 8.32. The number of carbonyl (C=O) groups is 1. The summed E-state index contributed by atoms with van der Waals surface area (Å²) in [6, 6.07) is 8.55. The fraction of sp³-hybridized carbons (Fsp3) is 0.619. The number of amidine groups is 1. The first-order valence-corrected chi connectivity index (χ1v) is 10.3. The lowest BCUT2D eigenvalue weighted by Crippen LogP contribution is -2.41. The average molecular weight is 359 g/mol. The molecule has 1 saturated carbocycles. The van der Waals surface area contributed by atoms with E-state index in [-0.39, 0.29) is 16.1 Å². The number of hydrogen-bond donors (Lipinski definition) is 0. The van der Waals surface area contributed by atoms with Gasteiger partial charge in [0, 0.05) is 23.4 Å². The summed E-state index contributed by atoms with van der Waals surface area (Å²) in [6.07, 6.45) is 6.66. The Labute approximate surface area is 156 Å². The molecule has 1 fully saturated rings. The molecule has 1 aliphatic carbocycles. The van der Waals surface area contributed by atoms with E-state index >= 15 is 0 Å². The number of thioether (sulfide) groups is 1. The van der Waals surface area contributed by atoms with E-state index in [0.29, 0.717) is 6.42 Å². The van der Waals surface area contributed by atoms with Gasteiger partial charge in [-0.3, -0.25) is 4.79 Å². The van der Waals surface area contributed by atoms with E-state index in [2.05, 4.69) is 61.9 Å². The van der Waals surface area contributed by atoms with Crippen molar-refractivity contribution in [2.45, 2.75) is 76.4 Å². The molecule has 25 heavy (non-hydrogen) atoms. The maximum Gasteiger partial charge on any atom is 0.249 e. The SMILES string of the molecule is CCN(C1=NC(=O)CC2(CCCCC2)S1)c1ccccc1C(C)(C)C. The molecule has 0 aromatic heterocycles. The number of hydrogen-bond acceptors (Lipinski definition) is 3. The van der Waals surface area contributed by atoms with Crippen molar-refractivity contribution in [3.63, 3.8) is 0 Å². The topological polar surface area (TPSA) is 32.7 Å². The molecule has 136 valence electrons. The Hall–Kier alpha value is -1.29. The molecular formula is C21H30N2OS. The first kappa shape index (κ1) is 18.5. The van der Waals surface area contributed by atoms with E-state index in [0.717, 1.165) is 24.6 Å². The summed E-state index contributed by atoms with van der Waals surface area (Å²) in [6.45, 7) is 9.69. The van der Waals surface area contributed by atoms with Crippen LogP contribution in [0.4, 0.5) is 5.69 Å². The van der Waals surface area contributed by atoms with Gasteiger partial charge in [0.15, 0.2) is 5.17 Å². The molecule has 1 spiro atoms. The standard InChI is InChI=1S/C21H30N2OS/c1-5-23(17-12-8-7-11-16(17)20(2,3)4)19-22-18(24)15-21(25-19)13-9-6-10-14-21/h7-8,11-12H,5-6,9-10,13-15H2,1-4H3. The first-order chi connectivity index (χ1) is 11.8. The largest absolute Gasteiger partial charge is 0.321 e. The van der Waals surface area contributed by atoms with Crippen molar-refractivity contribution in [3.05, 3.63) is 29.8 Å². The fourth-order valence-electron chi connectivity index (χ4n) is 4.02. The van der Waals surface area contributed by atoms with Gasteiger partial charge in [-0.1, -0.05) is 70.0 Å². The fourth-order valence-corrected chi connectivity index (χ4v) is 5.58. The van der Waals surface area contributed by atoms with Gasteiger partial charge in [0.25, 0.3) is 0 Å². The number of nitrogens with zero attached hydrogens (tertiary/aromatic N) is 2. The lowest BCUT2D eigenvalue weighted by molar-refractivity contribution is -0.118. The van der Waals surface area contributed by atoms with E-state index in [4.69, 9.17) is 0 Å². The highest BCUT2D eigenvalue weighted by Crippen LogP contribution is 2.47. The Morgan fingerprint density at radius 2 is 1.84 bits per heavy atom. The highest BCUT2D eigenvalue weighted by Gasteiger charge is 2.41. The summed E-state index contributed by atoms with van der Waals surface area (Å²) in [5.74, 6) is 0.0577. The van der Waals surface area contributed by atoms with Gasteiger partial charge in [0.2, 0.25) is 5.91 Å². The smallest absolute Gasteiger partial charge is 0.249 e. The van der Waals surface area contributed by atoms with Crippen LogP contribution in [0.1, 0.15) is 71.8 Å². The predicted molar refractivity (Wildman–Crippen MR) is 109 cm³/mol. The summed E-state index contributed by atoms with van der Waals surface area (Å²) >= 11 is 1.86. The predicted octanol–water partition coefficient (Wildman–Crippen LogP) is 5.53. The molecule has 1 heterocycles. The molecular weight excluding hydrogens is 328 g/mol. The molecule has 3 nitrogen and oxygen atoms in total. The lowest BCUT2D eigenvalue weighted by Gasteiger charge is -2.41. The molecule has 1 aromatic carbocycles. The van der Waals surface area contributed by atoms with Crippen molar-refractivity contribution >= 4 is 28.5 Å². The van der Waals surface area contributed by atoms with Crippen LogP contribution in [0.3, 0.4) is 0 Å². The van der Waals surface area contributed by atoms with Crippen molar-refractivity contribution in [2.75, 3.05) is 11.4 Å². The summed E-state index contributed by atoms with van der Waals surface area (Å²) in [5.41, 5.74) is 2.54. The summed E-state index contributed by atoms with van der Waals surface area (Å²) in [7, 11) is 0. The molecule has 1 aliphatic heterocycles. The van der Waals surface area contributed by atoms with E-state index in [1.165, 1.54) is 30.5 Å². The van der Waals surface area contributed by atoms with Crippen molar-refractivity contribution in [1.29, 1.82) is 0 Å². The van der Waals surface area contributed by atoms with Gasteiger partial charge in [-0.15, -0.1) is 0 Å². The molecule has 1 aromatic rings. The molecule has 4 heteroatoms. The average Bonchev–Trinajstić information content (AvgIpc) is 2.55. The molecule has 0 atom stereocenters. The third-order valence-corrected chi connectivity index (χ3v) is 6.80. The zero-order valence-corrected chi connectivity index (χ0v) is 16.8. The van der Waals surface area contributed by atoms with E-state index in [1.807, 2.05) is 11.8 Å². The van der Waals surface area contributed by atoms with Gasteiger partial charge < -0.3 is 4.90 Å². The third-order valence-electron chi connectivity index (χ3n) is 5.32. The first-order valence-electron chi connectivity index (χ1n) is 9.52. The second-order valence-corrected chi connectivity index (χ2v) is 9.76. The molecule has 2 aliphatic rings. The van der Waals surface area contributed by atoms with Gasteiger partial charge >= 0.3 is 0 Å². The molecule has 0 saturated heterocycles. The maximum atomic E-state index is 12.5. The van der Waals surface area contributed by atoms with Crippen LogP contribution in [-0.4, -0.2) is 22.4 Å². The number of anilines is 1. The van der Waals surface area contributed by atoms with Gasteiger partial charge in [-0.25, -0.2) is 0 Å². The van der Waals surface area contributed by atoms with Gasteiger partial charge in [0.1, 0.15) is 0 Å². The Morgan fingerprint density at radius 1 is 1.16 bits per heavy atom. The van der Waals surface area contributed by atoms with E-state index in [9.17, 15) is 4.79 Å². The minimum Gasteiger partial charge on any atom is -0.321 e. The summed E-state index contributed by atoms with van der Waals surface area (Å²) in [5, 5.41) is 0.900. The van der Waals surface area contributed by atoms with Crippen LogP contribution in [0.5, 0.6) is 0 Å². The molecule has 0 radical (unpaired) electrons. The number of rotatable bonds is 2. The minimum absolute atomic E-state index is 0.0520. The lowest BCUT2D eigenvalue weighted by atomic mass is 9.85. The van der Waals surface area contributed by atoms with Crippen LogP contribution in [0, 0.1) is 0 Å². The van der Waals surface area contributed by atoms with Crippen LogP contribution in [0.15, 0.2) is 29.3 Å². The van der Waals surface area contributed by atoms with Crippen LogP contribution in [0.2, 0.25) is 0 Å².